The predicted molar refractivity (Wildman–Crippen MR) is 119 cm³/mol. The molecule has 1 saturated heterocycles. The second-order valence-corrected chi connectivity index (χ2v) is 7.50. The van der Waals surface area contributed by atoms with Gasteiger partial charge in [0.2, 0.25) is 0 Å². The van der Waals surface area contributed by atoms with Crippen LogP contribution in [0.5, 0.6) is 0 Å². The number of likely N-dealkylation sites (tertiary alicyclic amines) is 1. The molecular weight excluding hydrogens is 352 g/mol. The van der Waals surface area contributed by atoms with Crippen LogP contribution in [0.25, 0.3) is 0 Å². The molecule has 144 valence electrons. The summed E-state index contributed by atoms with van der Waals surface area (Å²) in [6, 6.07) is 19.0. The lowest BCUT2D eigenvalue weighted by Gasteiger charge is -2.39. The van der Waals surface area contributed by atoms with Gasteiger partial charge < -0.3 is 20.9 Å². The van der Waals surface area contributed by atoms with Gasteiger partial charge in [-0.3, -0.25) is 0 Å². The van der Waals surface area contributed by atoms with E-state index in [0.29, 0.717) is 6.04 Å². The molecule has 0 radical (unpaired) electrons. The van der Waals surface area contributed by atoms with Gasteiger partial charge in [-0.15, -0.1) is 0 Å². The Labute approximate surface area is 168 Å². The molecule has 0 aliphatic carbocycles. The Morgan fingerprint density at radius 1 is 1.11 bits per heavy atom. The van der Waals surface area contributed by atoms with Crippen molar-refractivity contribution < 1.29 is 0 Å². The van der Waals surface area contributed by atoms with Crippen molar-refractivity contribution in [3.05, 3.63) is 60.2 Å². The van der Waals surface area contributed by atoms with Crippen molar-refractivity contribution in [3.63, 3.8) is 0 Å². The van der Waals surface area contributed by atoms with Gasteiger partial charge in [0.05, 0.1) is 11.4 Å². The first-order valence-corrected chi connectivity index (χ1v) is 10.3. The predicted octanol–water partition coefficient (Wildman–Crippen LogP) is 3.99. The molecule has 2 aromatic carbocycles. The molecule has 0 aromatic heterocycles. The lowest BCUT2D eigenvalue weighted by atomic mass is 10.0. The van der Waals surface area contributed by atoms with E-state index in [1.165, 1.54) is 5.56 Å². The molecule has 1 fully saturated rings. The Bertz CT molecular complexity index is 726. The Morgan fingerprint density at radius 2 is 1.78 bits per heavy atom. The largest absolute Gasteiger partial charge is 0.397 e. The van der Waals surface area contributed by atoms with Crippen LogP contribution in [0, 0.1) is 0 Å². The summed E-state index contributed by atoms with van der Waals surface area (Å²) in [5.41, 5.74) is 9.08. The number of hydrogen-bond acceptors (Lipinski definition) is 3. The van der Waals surface area contributed by atoms with Gasteiger partial charge in [-0.2, -0.15) is 0 Å². The molecule has 0 spiro atoms. The van der Waals surface area contributed by atoms with Gasteiger partial charge in [-0.05, 0) is 56.1 Å². The van der Waals surface area contributed by atoms with Gasteiger partial charge in [0.25, 0.3) is 0 Å². The van der Waals surface area contributed by atoms with Crippen molar-refractivity contribution in [1.29, 1.82) is 0 Å². The Morgan fingerprint density at radius 3 is 2.44 bits per heavy atom. The van der Waals surface area contributed by atoms with E-state index in [4.69, 9.17) is 18.0 Å². The minimum atomic E-state index is 0.493. The van der Waals surface area contributed by atoms with E-state index in [2.05, 4.69) is 52.4 Å². The third kappa shape index (κ3) is 5.44. The van der Waals surface area contributed by atoms with Gasteiger partial charge >= 0.3 is 0 Å². The summed E-state index contributed by atoms with van der Waals surface area (Å²) in [6.07, 6.45) is 3.42. The maximum Gasteiger partial charge on any atom is 0.173 e. The number of nitrogen functional groups attached to an aromatic ring is 1. The van der Waals surface area contributed by atoms with Crippen molar-refractivity contribution in [2.24, 2.45) is 0 Å². The Balaban J connectivity index is 1.49. The standard InChI is InChI=1S/C22H30N4S/c1-2-26(22(27)24-21-11-7-6-10-20(21)23)19-13-16-25(17-14-19)15-12-18-8-4-3-5-9-18/h3-11,19H,2,12-17,23H2,1H3,(H,24,27). The summed E-state index contributed by atoms with van der Waals surface area (Å²) in [6.45, 7) is 6.47. The third-order valence-electron chi connectivity index (χ3n) is 5.36. The zero-order valence-corrected chi connectivity index (χ0v) is 16.9. The monoisotopic (exact) mass is 382 g/mol. The van der Waals surface area contributed by atoms with Crippen LogP contribution in [0.3, 0.4) is 0 Å². The average Bonchev–Trinajstić information content (AvgIpc) is 2.70. The topological polar surface area (TPSA) is 44.5 Å². The van der Waals surface area contributed by atoms with Crippen LogP contribution in [0.1, 0.15) is 25.3 Å². The van der Waals surface area contributed by atoms with Gasteiger partial charge in [0, 0.05) is 32.2 Å². The number of nitrogens with one attached hydrogen (secondary N) is 1. The van der Waals surface area contributed by atoms with Crippen molar-refractivity contribution >= 4 is 28.7 Å². The second-order valence-electron chi connectivity index (χ2n) is 7.11. The highest BCUT2D eigenvalue weighted by atomic mass is 32.1. The number of anilines is 2. The Kier molecular flexibility index (Phi) is 7.07. The first-order chi connectivity index (χ1) is 13.2. The van der Waals surface area contributed by atoms with Crippen LogP contribution >= 0.6 is 12.2 Å². The van der Waals surface area contributed by atoms with Crippen LogP contribution in [0.2, 0.25) is 0 Å². The molecule has 3 rings (SSSR count). The molecule has 1 aliphatic rings. The van der Waals surface area contributed by atoms with Gasteiger partial charge in [0.1, 0.15) is 0 Å². The molecule has 27 heavy (non-hydrogen) atoms. The lowest BCUT2D eigenvalue weighted by Crippen LogP contribution is -2.49. The summed E-state index contributed by atoms with van der Waals surface area (Å²) < 4.78 is 0. The zero-order valence-electron chi connectivity index (χ0n) is 16.1. The fourth-order valence-electron chi connectivity index (χ4n) is 3.75. The first kappa shape index (κ1) is 19.6. The number of benzene rings is 2. The molecule has 0 unspecified atom stereocenters. The quantitative estimate of drug-likeness (QED) is 0.584. The summed E-state index contributed by atoms with van der Waals surface area (Å²) >= 11 is 5.69. The molecule has 0 bridgehead atoms. The van der Waals surface area contributed by atoms with E-state index in [1.807, 2.05) is 24.3 Å². The number of thiocarbonyl (C=S) groups is 1. The van der Waals surface area contributed by atoms with E-state index in [0.717, 1.165) is 61.9 Å². The van der Waals surface area contributed by atoms with Gasteiger partial charge in [-0.1, -0.05) is 42.5 Å². The average molecular weight is 383 g/mol. The van der Waals surface area contributed by atoms with E-state index in [1.54, 1.807) is 0 Å². The molecule has 5 heteroatoms. The molecule has 0 amide bonds. The first-order valence-electron chi connectivity index (χ1n) is 9.85. The highest BCUT2D eigenvalue weighted by molar-refractivity contribution is 7.80. The molecular formula is C22H30N4S. The van der Waals surface area contributed by atoms with E-state index < -0.39 is 0 Å². The van der Waals surface area contributed by atoms with E-state index in [9.17, 15) is 0 Å². The molecule has 4 nitrogen and oxygen atoms in total. The van der Waals surface area contributed by atoms with Crippen LogP contribution in [-0.2, 0) is 6.42 Å². The van der Waals surface area contributed by atoms with Gasteiger partial charge in [0.15, 0.2) is 5.11 Å². The van der Waals surface area contributed by atoms with Crippen LogP contribution in [0.4, 0.5) is 11.4 Å². The highest BCUT2D eigenvalue weighted by Crippen LogP contribution is 2.21. The van der Waals surface area contributed by atoms with Crippen LogP contribution in [0.15, 0.2) is 54.6 Å². The number of hydrogen-bond donors (Lipinski definition) is 2. The fourth-order valence-corrected chi connectivity index (χ4v) is 4.14. The maximum atomic E-state index is 6.04. The number of rotatable bonds is 6. The lowest BCUT2D eigenvalue weighted by molar-refractivity contribution is 0.158. The minimum absolute atomic E-state index is 0.493. The summed E-state index contributed by atoms with van der Waals surface area (Å²) in [5.74, 6) is 0. The fraction of sp³-hybridized carbons (Fsp3) is 0.409. The van der Waals surface area contributed by atoms with Crippen LogP contribution < -0.4 is 11.1 Å². The normalized spacial score (nSPS) is 15.4. The SMILES string of the molecule is CCN(C(=S)Nc1ccccc1N)C1CCN(CCc2ccccc2)CC1. The van der Waals surface area contributed by atoms with Gasteiger partial charge in [-0.25, -0.2) is 0 Å². The number of nitrogens with zero attached hydrogens (tertiary/aromatic N) is 2. The molecule has 0 saturated carbocycles. The summed E-state index contributed by atoms with van der Waals surface area (Å²) in [4.78, 5) is 4.89. The molecule has 2 aromatic rings. The van der Waals surface area contributed by atoms with Crippen molar-refractivity contribution in [3.8, 4) is 0 Å². The van der Waals surface area contributed by atoms with Crippen molar-refractivity contribution in [1.82, 2.24) is 9.80 Å². The second kappa shape index (κ2) is 9.72. The number of piperidine rings is 1. The summed E-state index contributed by atoms with van der Waals surface area (Å²) in [5, 5.41) is 4.11. The van der Waals surface area contributed by atoms with Crippen LogP contribution in [-0.4, -0.2) is 47.1 Å². The van der Waals surface area contributed by atoms with Crippen molar-refractivity contribution in [2.45, 2.75) is 32.2 Å². The maximum absolute atomic E-state index is 6.04. The summed E-state index contributed by atoms with van der Waals surface area (Å²) in [7, 11) is 0. The molecule has 1 heterocycles. The smallest absolute Gasteiger partial charge is 0.173 e. The van der Waals surface area contributed by atoms with E-state index >= 15 is 0 Å². The number of nitrogens with two attached hydrogens (primary N) is 1. The molecule has 1 aliphatic heterocycles. The highest BCUT2D eigenvalue weighted by Gasteiger charge is 2.25. The van der Waals surface area contributed by atoms with Crippen molar-refractivity contribution in [2.75, 3.05) is 37.2 Å². The Hall–Kier alpha value is -2.11. The van der Waals surface area contributed by atoms with E-state index in [-0.39, 0.29) is 0 Å². The zero-order chi connectivity index (χ0) is 19.1. The number of para-hydroxylation sites is 2. The molecule has 0 atom stereocenters. The molecule has 3 N–H and O–H groups in total. The minimum Gasteiger partial charge on any atom is -0.397 e. The third-order valence-corrected chi connectivity index (χ3v) is 5.70.